The van der Waals surface area contributed by atoms with Crippen LogP contribution in [0.2, 0.25) is 0 Å². The van der Waals surface area contributed by atoms with Crippen LogP contribution in [0, 0.1) is 4.37 Å². The van der Waals surface area contributed by atoms with Gasteiger partial charge in [0.25, 0.3) is 0 Å². The van der Waals surface area contributed by atoms with E-state index < -0.39 is 7.26 Å². The Hall–Kier alpha value is -5.95. The zero-order chi connectivity index (χ0) is 44.9. The molecule has 3 aliphatic rings. The first-order chi connectivity index (χ1) is 32.6. The third-order valence-corrected chi connectivity index (χ3v) is 19.4. The van der Waals surface area contributed by atoms with Crippen molar-refractivity contribution in [2.45, 2.75) is 51.4 Å². The third-order valence-electron chi connectivity index (χ3n) is 14.0. The molecule has 1 saturated heterocycles. The zero-order valence-corrected chi connectivity index (χ0v) is 41.2. The first-order valence-electron chi connectivity index (χ1n) is 23.4. The van der Waals surface area contributed by atoms with Gasteiger partial charge < -0.3 is 0 Å². The van der Waals surface area contributed by atoms with Crippen LogP contribution in [0.4, 0.5) is 0 Å². The fraction of sp³-hybridized carbons (Fsp3) is 0.159. The van der Waals surface area contributed by atoms with E-state index >= 15 is 0 Å². The van der Waals surface area contributed by atoms with Crippen molar-refractivity contribution in [1.82, 2.24) is 0 Å². The second-order valence-electron chi connectivity index (χ2n) is 17.6. The number of ether oxygens (including phenoxy) is 1. The second kappa shape index (κ2) is 19.9. The quantitative estimate of drug-likeness (QED) is 0.103. The summed E-state index contributed by atoms with van der Waals surface area (Å²) in [6, 6.07) is 66.6. The first-order valence-corrected chi connectivity index (χ1v) is 26.5. The standard InChI is InChI=1S/C63H55OP.Os/c1-4-19-46-31-38-60-52(40-46)36-34-49-20-15-17-28-58(49)62(60)63-59-29-18-16-21-50(59)35-37-53-41-47(32-39-61(53)63)30-33-51(42-54-44-64-43-48(54)5-2)45(3)65(55-22-9-6-10-23-55,56-24-11-7-12-25-56)57-26-13-8-14-27-57;/h4-33,38-42,62-63H,34-37,43-44H2,1-2H3;/q+1;/b19-4+,33-30+,48-5?,51-45?,54-42?;. The van der Waals surface area contributed by atoms with Crippen molar-refractivity contribution < 1.29 is 22.7 Å². The van der Waals surface area contributed by atoms with Gasteiger partial charge in [0.1, 0.15) is 0 Å². The molecule has 0 spiro atoms. The van der Waals surface area contributed by atoms with Crippen LogP contribution in [0.5, 0.6) is 0 Å². The molecule has 1 heterocycles. The van der Waals surface area contributed by atoms with Gasteiger partial charge in [0.05, 0.1) is 0 Å². The molecule has 0 amide bonds. The summed E-state index contributed by atoms with van der Waals surface area (Å²) >= 11 is 1.84. The van der Waals surface area contributed by atoms with Gasteiger partial charge in [-0.1, -0.05) is 66.7 Å². The summed E-state index contributed by atoms with van der Waals surface area (Å²) in [4.78, 5) is 0. The summed E-state index contributed by atoms with van der Waals surface area (Å²) in [5, 5.41) is 5.16. The number of hydrogen-bond donors (Lipinski definition) is 0. The van der Waals surface area contributed by atoms with E-state index in [1.807, 2.05) is 17.9 Å². The molecule has 0 N–H and O–H groups in total. The molecule has 2 atom stereocenters. The molecule has 1 nitrogen and oxygen atoms in total. The van der Waals surface area contributed by atoms with Gasteiger partial charge in [-0.15, -0.1) is 0 Å². The fourth-order valence-corrected chi connectivity index (χ4v) is 16.8. The average molecular weight is 1050 g/mol. The first kappa shape index (κ1) is 43.9. The fourth-order valence-electron chi connectivity index (χ4n) is 10.9. The Labute approximate surface area is 402 Å². The average Bonchev–Trinajstić information content (AvgIpc) is 3.69. The van der Waals surface area contributed by atoms with Gasteiger partial charge in [0.2, 0.25) is 0 Å². The van der Waals surface area contributed by atoms with Crippen molar-refractivity contribution in [3.63, 3.8) is 0 Å². The third kappa shape index (κ3) is 8.39. The molecule has 325 valence electrons. The topological polar surface area (TPSA) is 9.23 Å². The monoisotopic (exact) mass is 1050 g/mol. The van der Waals surface area contributed by atoms with Crippen molar-refractivity contribution in [2.75, 3.05) is 13.2 Å². The molecule has 1 aliphatic heterocycles. The minimum atomic E-state index is -2.46. The van der Waals surface area contributed by atoms with Crippen molar-refractivity contribution in [3.05, 3.63) is 278 Å². The molecule has 0 saturated carbocycles. The number of hydrogen-bond acceptors (Lipinski definition) is 1. The van der Waals surface area contributed by atoms with Gasteiger partial charge in [0.15, 0.2) is 0 Å². The summed E-state index contributed by atoms with van der Waals surface area (Å²) in [6.45, 7) is 5.46. The van der Waals surface area contributed by atoms with Crippen LogP contribution in [0.3, 0.4) is 0 Å². The van der Waals surface area contributed by atoms with Crippen LogP contribution in [-0.2, 0) is 48.4 Å². The zero-order valence-electron chi connectivity index (χ0n) is 37.8. The Kier molecular flexibility index (Phi) is 13.2. The maximum atomic E-state index is 6.11. The number of benzene rings is 7. The SMILES string of the molecule is CC=C1COCC1=CC(/C=C/c1ccc2c(c1)CCc1ccccc1C2C1c2ccccc2CCc2cc(/C=C/C)ccc21)=C([C]#[Os])[P+](c1ccccc1)(c1ccccc1)c1ccccc1. The Balaban J connectivity index is 1.17. The Morgan fingerprint density at radius 2 is 0.955 bits per heavy atom. The Morgan fingerprint density at radius 3 is 1.44 bits per heavy atom. The van der Waals surface area contributed by atoms with Gasteiger partial charge >= 0.3 is 302 Å². The normalized spacial score (nSPS) is 18.5. The molecule has 2 unspecified atom stereocenters. The van der Waals surface area contributed by atoms with E-state index in [9.17, 15) is 0 Å². The molecular weight excluding hydrogens is 994 g/mol. The molecule has 66 heavy (non-hydrogen) atoms. The van der Waals surface area contributed by atoms with Crippen molar-refractivity contribution in [1.29, 1.82) is 0 Å². The van der Waals surface area contributed by atoms with Crippen molar-refractivity contribution >= 4 is 35.3 Å². The summed E-state index contributed by atoms with van der Waals surface area (Å²) in [6.07, 6.45) is 17.8. The van der Waals surface area contributed by atoms with E-state index in [1.165, 1.54) is 93.6 Å². The van der Waals surface area contributed by atoms with Crippen LogP contribution < -0.4 is 15.9 Å². The molecule has 0 aromatic heterocycles. The summed E-state index contributed by atoms with van der Waals surface area (Å²) < 4.78 is 10.0. The number of fused-ring (bicyclic) bond motifs is 4. The van der Waals surface area contributed by atoms with E-state index in [2.05, 4.69) is 231 Å². The number of allylic oxidation sites excluding steroid dienone is 6. The van der Waals surface area contributed by atoms with E-state index in [0.29, 0.717) is 13.2 Å². The van der Waals surface area contributed by atoms with Crippen LogP contribution in [0.15, 0.2) is 222 Å². The number of rotatable bonds is 9. The Morgan fingerprint density at radius 1 is 0.515 bits per heavy atom. The van der Waals surface area contributed by atoms with E-state index in [0.717, 1.165) is 25.7 Å². The molecule has 2 aliphatic carbocycles. The number of aryl methyl sites for hydroxylation is 4. The van der Waals surface area contributed by atoms with Gasteiger partial charge in [0, 0.05) is 0 Å². The minimum absolute atomic E-state index is 0.175. The summed E-state index contributed by atoms with van der Waals surface area (Å²) in [7, 11) is -2.46. The molecule has 7 aromatic rings. The maximum absolute atomic E-state index is 6.11. The van der Waals surface area contributed by atoms with Gasteiger partial charge in [-0.05, 0) is 36.5 Å². The molecule has 3 heteroatoms. The van der Waals surface area contributed by atoms with Crippen LogP contribution >= 0.6 is 7.26 Å². The van der Waals surface area contributed by atoms with Gasteiger partial charge in [-0.25, -0.2) is 0 Å². The van der Waals surface area contributed by atoms with Crippen molar-refractivity contribution in [3.8, 4) is 4.37 Å². The van der Waals surface area contributed by atoms with Gasteiger partial charge in [-0.2, -0.15) is 0 Å². The van der Waals surface area contributed by atoms with E-state index in [4.69, 9.17) is 4.74 Å². The van der Waals surface area contributed by atoms with Crippen LogP contribution in [0.1, 0.15) is 81.3 Å². The molecule has 7 aromatic carbocycles. The van der Waals surface area contributed by atoms with E-state index in [1.54, 1.807) is 0 Å². The molecule has 0 bridgehead atoms. The molecule has 1 fully saturated rings. The van der Waals surface area contributed by atoms with Crippen molar-refractivity contribution in [2.24, 2.45) is 0 Å². The Bertz CT molecular complexity index is 3000. The predicted molar refractivity (Wildman–Crippen MR) is 277 cm³/mol. The van der Waals surface area contributed by atoms with E-state index in [-0.39, 0.29) is 11.8 Å². The predicted octanol–water partition coefficient (Wildman–Crippen LogP) is 13.6. The van der Waals surface area contributed by atoms with Crippen LogP contribution in [-0.4, -0.2) is 13.2 Å². The van der Waals surface area contributed by atoms with Crippen LogP contribution in [0.25, 0.3) is 12.2 Å². The second-order valence-corrected chi connectivity index (χ2v) is 21.6. The summed E-state index contributed by atoms with van der Waals surface area (Å²) in [5.74, 6) is 0.368. The molecule has 0 radical (unpaired) electrons. The van der Waals surface area contributed by atoms with Gasteiger partial charge in [-0.3, -0.25) is 0 Å². The summed E-state index contributed by atoms with van der Waals surface area (Å²) in [5.41, 5.74) is 17.8. The molecule has 10 rings (SSSR count). The molecular formula is C63H55OOsP+.